The average molecular weight is 291 g/mol. The largest absolute Gasteiger partial charge is 0.465 e. The molecule has 0 radical (unpaired) electrons. The summed E-state index contributed by atoms with van der Waals surface area (Å²) in [6.07, 6.45) is 4.53. The number of amides is 1. The van der Waals surface area contributed by atoms with Crippen LogP contribution in [0.1, 0.15) is 21.6 Å². The van der Waals surface area contributed by atoms with Gasteiger partial charge in [-0.15, -0.1) is 11.3 Å². The molecule has 0 aromatic carbocycles. The van der Waals surface area contributed by atoms with Crippen LogP contribution in [-0.2, 0) is 9.53 Å². The van der Waals surface area contributed by atoms with Gasteiger partial charge in [-0.25, -0.2) is 0 Å². The Morgan fingerprint density at radius 1 is 1.50 bits per heavy atom. The molecule has 0 unspecified atom stereocenters. The maximum atomic E-state index is 11.7. The summed E-state index contributed by atoms with van der Waals surface area (Å²) in [5.74, 6) is 0.481. The number of rotatable bonds is 6. The molecular weight excluding hydrogens is 274 g/mol. The molecule has 0 saturated heterocycles. The van der Waals surface area contributed by atoms with Gasteiger partial charge in [-0.3, -0.25) is 4.79 Å². The zero-order valence-corrected chi connectivity index (χ0v) is 12.3. The predicted molar refractivity (Wildman–Crippen MR) is 79.6 cm³/mol. The maximum Gasteiger partial charge on any atom is 0.244 e. The minimum Gasteiger partial charge on any atom is -0.465 e. The van der Waals surface area contributed by atoms with Crippen LogP contribution in [0.15, 0.2) is 41.0 Å². The van der Waals surface area contributed by atoms with Crippen molar-refractivity contribution >= 4 is 23.3 Å². The van der Waals surface area contributed by atoms with E-state index in [1.54, 1.807) is 42.9 Å². The highest BCUT2D eigenvalue weighted by Crippen LogP contribution is 2.24. The molecule has 0 aliphatic rings. The Hall–Kier alpha value is -1.85. The van der Waals surface area contributed by atoms with E-state index in [4.69, 9.17) is 9.15 Å². The van der Waals surface area contributed by atoms with Crippen molar-refractivity contribution in [3.8, 4) is 0 Å². The summed E-state index contributed by atoms with van der Waals surface area (Å²) < 4.78 is 10.5. The van der Waals surface area contributed by atoms with E-state index in [0.717, 1.165) is 4.88 Å². The van der Waals surface area contributed by atoms with Crippen LogP contribution >= 0.6 is 11.3 Å². The predicted octanol–water partition coefficient (Wildman–Crippen LogP) is 3.17. The molecule has 0 aliphatic carbocycles. The van der Waals surface area contributed by atoms with Gasteiger partial charge >= 0.3 is 0 Å². The van der Waals surface area contributed by atoms with E-state index in [2.05, 4.69) is 5.32 Å². The second kappa shape index (κ2) is 7.07. The lowest BCUT2D eigenvalue weighted by molar-refractivity contribution is -0.117. The van der Waals surface area contributed by atoms with Crippen molar-refractivity contribution in [2.45, 2.75) is 13.0 Å². The van der Waals surface area contributed by atoms with Crippen molar-refractivity contribution in [2.24, 2.45) is 0 Å². The molecule has 1 amide bonds. The number of hydrogen-bond donors (Lipinski definition) is 1. The van der Waals surface area contributed by atoms with Crippen molar-refractivity contribution in [1.82, 2.24) is 5.32 Å². The number of furan rings is 1. The van der Waals surface area contributed by atoms with Gasteiger partial charge in [-0.1, -0.05) is 0 Å². The average Bonchev–Trinajstić information content (AvgIpc) is 3.09. The summed E-state index contributed by atoms with van der Waals surface area (Å²) in [6.45, 7) is 2.49. The summed E-state index contributed by atoms with van der Waals surface area (Å²) in [5, 5.41) is 2.82. The second-order valence-corrected chi connectivity index (χ2v) is 5.59. The molecule has 0 aliphatic heterocycles. The van der Waals surface area contributed by atoms with Crippen LogP contribution in [-0.4, -0.2) is 19.6 Å². The Balaban J connectivity index is 1.85. The van der Waals surface area contributed by atoms with E-state index >= 15 is 0 Å². The SMILES string of the molecule is CO[C@H](CNC(=O)/C=C/c1ccco1)c1ccc(C)s1. The highest BCUT2D eigenvalue weighted by Gasteiger charge is 2.13. The van der Waals surface area contributed by atoms with E-state index in [1.165, 1.54) is 11.0 Å². The quantitative estimate of drug-likeness (QED) is 0.832. The van der Waals surface area contributed by atoms with Crippen LogP contribution in [0.4, 0.5) is 0 Å². The van der Waals surface area contributed by atoms with Gasteiger partial charge in [-0.2, -0.15) is 0 Å². The second-order valence-electron chi connectivity index (χ2n) is 4.27. The van der Waals surface area contributed by atoms with Crippen molar-refractivity contribution in [2.75, 3.05) is 13.7 Å². The van der Waals surface area contributed by atoms with Crippen molar-refractivity contribution in [3.05, 3.63) is 52.1 Å². The lowest BCUT2D eigenvalue weighted by Crippen LogP contribution is -2.27. The van der Waals surface area contributed by atoms with Gasteiger partial charge in [0.05, 0.1) is 6.26 Å². The van der Waals surface area contributed by atoms with Gasteiger partial charge in [0.15, 0.2) is 0 Å². The number of carbonyl (C=O) groups is 1. The van der Waals surface area contributed by atoms with Crippen molar-refractivity contribution < 1.29 is 13.9 Å². The van der Waals surface area contributed by atoms with Crippen LogP contribution in [0.25, 0.3) is 6.08 Å². The molecule has 20 heavy (non-hydrogen) atoms. The molecule has 4 nitrogen and oxygen atoms in total. The van der Waals surface area contributed by atoms with Gasteiger partial charge in [0.1, 0.15) is 11.9 Å². The van der Waals surface area contributed by atoms with Crippen LogP contribution in [0.5, 0.6) is 0 Å². The molecule has 2 aromatic rings. The van der Waals surface area contributed by atoms with E-state index in [1.807, 2.05) is 19.1 Å². The van der Waals surface area contributed by atoms with E-state index in [0.29, 0.717) is 12.3 Å². The highest BCUT2D eigenvalue weighted by atomic mass is 32.1. The number of carbonyl (C=O) groups excluding carboxylic acids is 1. The van der Waals surface area contributed by atoms with E-state index in [-0.39, 0.29) is 12.0 Å². The highest BCUT2D eigenvalue weighted by molar-refractivity contribution is 7.12. The Bertz CT molecular complexity index is 572. The monoisotopic (exact) mass is 291 g/mol. The summed E-state index contributed by atoms with van der Waals surface area (Å²) in [4.78, 5) is 14.0. The third kappa shape index (κ3) is 4.08. The van der Waals surface area contributed by atoms with Gasteiger partial charge in [-0.05, 0) is 37.3 Å². The van der Waals surface area contributed by atoms with Gasteiger partial charge in [0.2, 0.25) is 5.91 Å². The van der Waals surface area contributed by atoms with Crippen LogP contribution in [0.3, 0.4) is 0 Å². The number of methoxy groups -OCH3 is 1. The summed E-state index contributed by atoms with van der Waals surface area (Å²) in [6, 6.07) is 7.64. The molecule has 1 N–H and O–H groups in total. The van der Waals surface area contributed by atoms with E-state index < -0.39 is 0 Å². The normalized spacial score (nSPS) is 12.7. The molecule has 2 rings (SSSR count). The van der Waals surface area contributed by atoms with Crippen LogP contribution < -0.4 is 5.32 Å². The molecular formula is C15H17NO3S. The number of hydrogen-bond acceptors (Lipinski definition) is 4. The first-order valence-electron chi connectivity index (χ1n) is 6.27. The number of nitrogens with one attached hydrogen (secondary N) is 1. The number of ether oxygens (including phenoxy) is 1. The Morgan fingerprint density at radius 2 is 2.35 bits per heavy atom. The Labute approximate surface area is 122 Å². The zero-order valence-electron chi connectivity index (χ0n) is 11.5. The fraction of sp³-hybridized carbons (Fsp3) is 0.267. The smallest absolute Gasteiger partial charge is 0.244 e. The maximum absolute atomic E-state index is 11.7. The molecule has 0 fully saturated rings. The van der Waals surface area contributed by atoms with Crippen LogP contribution in [0, 0.1) is 6.92 Å². The van der Waals surface area contributed by atoms with Gasteiger partial charge in [0.25, 0.3) is 0 Å². The third-order valence-corrected chi connectivity index (χ3v) is 3.86. The molecule has 1 atom stereocenters. The third-order valence-electron chi connectivity index (χ3n) is 2.77. The Morgan fingerprint density at radius 3 is 2.95 bits per heavy atom. The fourth-order valence-electron chi connectivity index (χ4n) is 1.72. The van der Waals surface area contributed by atoms with Gasteiger partial charge in [0, 0.05) is 29.5 Å². The first kappa shape index (κ1) is 14.6. The minimum atomic E-state index is -0.170. The molecule has 106 valence electrons. The summed E-state index contributed by atoms with van der Waals surface area (Å²) in [7, 11) is 1.64. The molecule has 2 aromatic heterocycles. The fourth-order valence-corrected chi connectivity index (χ4v) is 2.68. The van der Waals surface area contributed by atoms with Crippen LogP contribution in [0.2, 0.25) is 0 Å². The number of thiophene rings is 1. The molecule has 0 spiro atoms. The van der Waals surface area contributed by atoms with Gasteiger partial charge < -0.3 is 14.5 Å². The molecule has 0 bridgehead atoms. The number of aryl methyl sites for hydroxylation is 1. The summed E-state index contributed by atoms with van der Waals surface area (Å²) in [5.41, 5.74) is 0. The van der Waals surface area contributed by atoms with Crippen molar-refractivity contribution in [1.29, 1.82) is 0 Å². The zero-order chi connectivity index (χ0) is 14.4. The first-order valence-corrected chi connectivity index (χ1v) is 7.09. The lowest BCUT2D eigenvalue weighted by Gasteiger charge is -2.13. The topological polar surface area (TPSA) is 51.5 Å². The first-order chi connectivity index (χ1) is 9.69. The standard InChI is InChI=1S/C15H17NO3S/c1-11-5-7-14(20-11)13(18-2)10-16-15(17)8-6-12-4-3-9-19-12/h3-9,13H,10H2,1-2H3,(H,16,17)/b8-6+/t13-/m1/s1. The Kier molecular flexibility index (Phi) is 5.15. The van der Waals surface area contributed by atoms with E-state index in [9.17, 15) is 4.79 Å². The molecule has 2 heterocycles. The van der Waals surface area contributed by atoms with Crippen molar-refractivity contribution in [3.63, 3.8) is 0 Å². The molecule has 0 saturated carbocycles. The minimum absolute atomic E-state index is 0.116. The molecule has 5 heteroatoms. The lowest BCUT2D eigenvalue weighted by atomic mass is 10.3. The summed E-state index contributed by atoms with van der Waals surface area (Å²) >= 11 is 1.67.